The second-order valence-corrected chi connectivity index (χ2v) is 7.31. The number of ether oxygens (including phenoxy) is 1. The van der Waals surface area contributed by atoms with Crippen LogP contribution in [0.2, 0.25) is 0 Å². The summed E-state index contributed by atoms with van der Waals surface area (Å²) in [5, 5.41) is 2.86. The number of halogens is 3. The molecule has 0 bridgehead atoms. The highest BCUT2D eigenvalue weighted by Gasteiger charge is 2.34. The number of alkyl halides is 3. The number of morpholine rings is 1. The number of benzene rings is 1. The molecule has 1 aromatic carbocycles. The van der Waals surface area contributed by atoms with E-state index in [0.29, 0.717) is 18.7 Å². The van der Waals surface area contributed by atoms with Gasteiger partial charge in [-0.3, -0.25) is 9.69 Å². The van der Waals surface area contributed by atoms with Gasteiger partial charge in [-0.05, 0) is 37.5 Å². The lowest BCUT2D eigenvalue weighted by molar-refractivity contribution is -0.138. The van der Waals surface area contributed by atoms with Crippen molar-refractivity contribution in [2.75, 3.05) is 13.1 Å². The van der Waals surface area contributed by atoms with Crippen LogP contribution in [-0.2, 0) is 22.3 Å². The number of nitrogens with zero attached hydrogens (tertiary/aromatic N) is 1. The van der Waals surface area contributed by atoms with E-state index >= 15 is 0 Å². The van der Waals surface area contributed by atoms with Crippen LogP contribution in [0.4, 0.5) is 13.2 Å². The standard InChI is InChI=1S/C19H27F3N2O2/c1-12(2)17(24-10-13(3)26-14(4)11-24)18(25)23-9-15-5-7-16(8-6-15)19(20,21)22/h5-8,12-14,17H,9-11H2,1-4H3,(H,23,25). The highest BCUT2D eigenvalue weighted by molar-refractivity contribution is 5.82. The van der Waals surface area contributed by atoms with Crippen LogP contribution in [0.25, 0.3) is 0 Å². The number of carbonyl (C=O) groups excluding carboxylic acids is 1. The zero-order valence-corrected chi connectivity index (χ0v) is 15.6. The van der Waals surface area contributed by atoms with Gasteiger partial charge in [0.15, 0.2) is 0 Å². The van der Waals surface area contributed by atoms with E-state index in [1.54, 1.807) is 0 Å². The molecule has 0 aromatic heterocycles. The van der Waals surface area contributed by atoms with Crippen LogP contribution >= 0.6 is 0 Å². The number of hydrogen-bond acceptors (Lipinski definition) is 3. The first-order valence-corrected chi connectivity index (χ1v) is 8.91. The van der Waals surface area contributed by atoms with E-state index in [2.05, 4.69) is 10.2 Å². The van der Waals surface area contributed by atoms with Crippen LogP contribution in [0.5, 0.6) is 0 Å². The molecule has 0 spiro atoms. The van der Waals surface area contributed by atoms with E-state index < -0.39 is 11.7 Å². The van der Waals surface area contributed by atoms with Crippen molar-refractivity contribution in [3.63, 3.8) is 0 Å². The molecule has 0 radical (unpaired) electrons. The molecule has 1 N–H and O–H groups in total. The fourth-order valence-corrected chi connectivity index (χ4v) is 3.44. The first-order chi connectivity index (χ1) is 12.1. The molecule has 26 heavy (non-hydrogen) atoms. The number of hydrogen-bond donors (Lipinski definition) is 1. The average Bonchev–Trinajstić information content (AvgIpc) is 2.51. The lowest BCUT2D eigenvalue weighted by atomic mass is 9.99. The van der Waals surface area contributed by atoms with Crippen LogP contribution in [-0.4, -0.2) is 42.1 Å². The summed E-state index contributed by atoms with van der Waals surface area (Å²) < 4.78 is 43.6. The molecule has 0 aliphatic carbocycles. The average molecular weight is 372 g/mol. The van der Waals surface area contributed by atoms with Crippen LogP contribution in [0, 0.1) is 5.92 Å². The fourth-order valence-electron chi connectivity index (χ4n) is 3.44. The lowest BCUT2D eigenvalue weighted by Crippen LogP contribution is -2.56. The predicted molar refractivity (Wildman–Crippen MR) is 93.5 cm³/mol. The molecule has 3 atom stereocenters. The third kappa shape index (κ3) is 5.45. The molecule has 4 nitrogen and oxygen atoms in total. The Balaban J connectivity index is 1.99. The van der Waals surface area contributed by atoms with Crippen molar-refractivity contribution in [2.24, 2.45) is 5.92 Å². The van der Waals surface area contributed by atoms with Crippen molar-refractivity contribution in [1.82, 2.24) is 10.2 Å². The van der Waals surface area contributed by atoms with E-state index in [4.69, 9.17) is 4.74 Å². The van der Waals surface area contributed by atoms with Crippen LogP contribution < -0.4 is 5.32 Å². The van der Waals surface area contributed by atoms with Gasteiger partial charge in [0.25, 0.3) is 0 Å². The minimum Gasteiger partial charge on any atom is -0.373 e. The van der Waals surface area contributed by atoms with Gasteiger partial charge in [0.05, 0.1) is 23.8 Å². The Hall–Kier alpha value is -1.60. The molecule has 1 aliphatic heterocycles. The van der Waals surface area contributed by atoms with Gasteiger partial charge >= 0.3 is 6.18 Å². The van der Waals surface area contributed by atoms with Crippen molar-refractivity contribution in [3.8, 4) is 0 Å². The Kier molecular flexibility index (Phi) is 6.69. The Morgan fingerprint density at radius 3 is 2.19 bits per heavy atom. The van der Waals surface area contributed by atoms with E-state index in [0.717, 1.165) is 12.1 Å². The molecule has 1 saturated heterocycles. The molecule has 1 heterocycles. The first kappa shape index (κ1) is 20.7. The summed E-state index contributed by atoms with van der Waals surface area (Å²) in [6, 6.07) is 4.57. The predicted octanol–water partition coefficient (Wildman–Crippen LogP) is 3.46. The van der Waals surface area contributed by atoms with E-state index in [1.807, 2.05) is 27.7 Å². The van der Waals surface area contributed by atoms with Gasteiger partial charge in [0.2, 0.25) is 5.91 Å². The van der Waals surface area contributed by atoms with Gasteiger partial charge in [0, 0.05) is 19.6 Å². The molecule has 146 valence electrons. The molecule has 1 fully saturated rings. The second kappa shape index (κ2) is 8.39. The zero-order valence-electron chi connectivity index (χ0n) is 15.6. The van der Waals surface area contributed by atoms with Crippen molar-refractivity contribution < 1.29 is 22.7 Å². The monoisotopic (exact) mass is 372 g/mol. The Morgan fingerprint density at radius 2 is 1.73 bits per heavy atom. The Bertz CT molecular complexity index is 592. The molecule has 2 rings (SSSR count). The minimum atomic E-state index is -4.35. The van der Waals surface area contributed by atoms with E-state index in [1.165, 1.54) is 12.1 Å². The first-order valence-electron chi connectivity index (χ1n) is 8.91. The van der Waals surface area contributed by atoms with Gasteiger partial charge in [-0.25, -0.2) is 0 Å². The SMILES string of the molecule is CC1CN(C(C(=O)NCc2ccc(C(F)(F)F)cc2)C(C)C)CC(C)O1. The molecular weight excluding hydrogens is 345 g/mol. The normalized spacial score (nSPS) is 23.1. The van der Waals surface area contributed by atoms with Crippen molar-refractivity contribution in [1.29, 1.82) is 0 Å². The summed E-state index contributed by atoms with van der Waals surface area (Å²) in [7, 11) is 0. The zero-order chi connectivity index (χ0) is 19.5. The molecule has 1 aromatic rings. The smallest absolute Gasteiger partial charge is 0.373 e. The molecule has 3 unspecified atom stereocenters. The van der Waals surface area contributed by atoms with Gasteiger partial charge in [-0.15, -0.1) is 0 Å². The molecular formula is C19H27F3N2O2. The third-order valence-corrected chi connectivity index (χ3v) is 4.49. The number of amides is 1. The van der Waals surface area contributed by atoms with Gasteiger partial charge in [-0.2, -0.15) is 13.2 Å². The van der Waals surface area contributed by atoms with E-state index in [9.17, 15) is 18.0 Å². The third-order valence-electron chi connectivity index (χ3n) is 4.49. The Labute approximate surface area is 152 Å². The summed E-state index contributed by atoms with van der Waals surface area (Å²) in [6.45, 7) is 9.53. The van der Waals surface area contributed by atoms with Crippen LogP contribution in [0.3, 0.4) is 0 Å². The Morgan fingerprint density at radius 1 is 1.19 bits per heavy atom. The largest absolute Gasteiger partial charge is 0.416 e. The number of nitrogens with one attached hydrogen (secondary N) is 1. The number of carbonyl (C=O) groups is 1. The van der Waals surface area contributed by atoms with Crippen molar-refractivity contribution in [2.45, 2.75) is 58.7 Å². The highest BCUT2D eigenvalue weighted by Crippen LogP contribution is 2.29. The van der Waals surface area contributed by atoms with Crippen LogP contribution in [0.1, 0.15) is 38.8 Å². The maximum Gasteiger partial charge on any atom is 0.416 e. The summed E-state index contributed by atoms with van der Waals surface area (Å²) in [6.07, 6.45) is -4.24. The maximum absolute atomic E-state index is 12.7. The van der Waals surface area contributed by atoms with Gasteiger partial charge < -0.3 is 10.1 Å². The molecule has 1 aliphatic rings. The topological polar surface area (TPSA) is 41.6 Å². The quantitative estimate of drug-likeness (QED) is 0.861. The second-order valence-electron chi connectivity index (χ2n) is 7.31. The molecule has 0 saturated carbocycles. The minimum absolute atomic E-state index is 0.0581. The summed E-state index contributed by atoms with van der Waals surface area (Å²) >= 11 is 0. The number of rotatable bonds is 5. The molecule has 7 heteroatoms. The van der Waals surface area contributed by atoms with Crippen molar-refractivity contribution in [3.05, 3.63) is 35.4 Å². The van der Waals surface area contributed by atoms with E-state index in [-0.39, 0.29) is 36.6 Å². The summed E-state index contributed by atoms with van der Waals surface area (Å²) in [5.41, 5.74) is -0.0542. The summed E-state index contributed by atoms with van der Waals surface area (Å²) in [5.74, 6) is 0.00121. The fraction of sp³-hybridized carbons (Fsp3) is 0.632. The van der Waals surface area contributed by atoms with Crippen LogP contribution in [0.15, 0.2) is 24.3 Å². The highest BCUT2D eigenvalue weighted by atomic mass is 19.4. The molecule has 1 amide bonds. The maximum atomic E-state index is 12.7. The van der Waals surface area contributed by atoms with Gasteiger partial charge in [-0.1, -0.05) is 26.0 Å². The van der Waals surface area contributed by atoms with Gasteiger partial charge in [0.1, 0.15) is 0 Å². The lowest BCUT2D eigenvalue weighted by Gasteiger charge is -2.41. The summed E-state index contributed by atoms with van der Waals surface area (Å²) in [4.78, 5) is 14.9. The van der Waals surface area contributed by atoms with Crippen molar-refractivity contribution >= 4 is 5.91 Å².